The van der Waals surface area contributed by atoms with Crippen molar-refractivity contribution in [2.45, 2.75) is 26.4 Å². The molecule has 1 N–H and O–H groups in total. The highest BCUT2D eigenvalue weighted by Gasteiger charge is 2.18. The molecule has 0 radical (unpaired) electrons. The molecule has 5 nitrogen and oxygen atoms in total. The Balaban J connectivity index is 2.26. The molecule has 1 amide bonds. The molecule has 0 aliphatic rings. The lowest BCUT2D eigenvalue weighted by molar-refractivity contribution is 0.0943. The third-order valence-corrected chi connectivity index (χ3v) is 4.55. The molecule has 0 unspecified atom stereocenters. The number of hydrogen-bond acceptors (Lipinski definition) is 3. The van der Waals surface area contributed by atoms with E-state index in [0.29, 0.717) is 11.3 Å². The van der Waals surface area contributed by atoms with Gasteiger partial charge in [0, 0.05) is 11.6 Å². The number of hydrogen-bond donors (Lipinski definition) is 1. The van der Waals surface area contributed by atoms with E-state index in [1.165, 1.54) is 10.6 Å². The summed E-state index contributed by atoms with van der Waals surface area (Å²) in [6.07, 6.45) is 1.18. The Morgan fingerprint density at radius 1 is 1.04 bits per heavy atom. The molecular formula is C18H22N2O3S. The quantitative estimate of drug-likeness (QED) is 0.874. The number of nitrogens with one attached hydrogen (secondary N) is 1. The van der Waals surface area contributed by atoms with E-state index in [2.05, 4.69) is 5.32 Å². The molecule has 2 aromatic rings. The Morgan fingerprint density at radius 3 is 2.12 bits per heavy atom. The molecule has 6 heteroatoms. The summed E-state index contributed by atoms with van der Waals surface area (Å²) < 4.78 is 25.6. The number of rotatable bonds is 6. The summed E-state index contributed by atoms with van der Waals surface area (Å²) >= 11 is 0. The van der Waals surface area contributed by atoms with Crippen molar-refractivity contribution in [3.05, 3.63) is 65.7 Å². The van der Waals surface area contributed by atoms with E-state index < -0.39 is 10.0 Å². The van der Waals surface area contributed by atoms with E-state index >= 15 is 0 Å². The zero-order valence-corrected chi connectivity index (χ0v) is 14.9. The highest BCUT2D eigenvalue weighted by atomic mass is 32.2. The fourth-order valence-electron chi connectivity index (χ4n) is 2.27. The molecule has 2 rings (SSSR count). The minimum Gasteiger partial charge on any atom is -0.350 e. The van der Waals surface area contributed by atoms with E-state index in [-0.39, 0.29) is 18.5 Å². The van der Waals surface area contributed by atoms with Crippen molar-refractivity contribution in [3.63, 3.8) is 0 Å². The van der Waals surface area contributed by atoms with Gasteiger partial charge in [-0.2, -0.15) is 0 Å². The van der Waals surface area contributed by atoms with Crippen LogP contribution in [0.2, 0.25) is 0 Å². The first-order chi connectivity index (χ1) is 11.3. The normalized spacial score (nSPS) is 11.3. The summed E-state index contributed by atoms with van der Waals surface area (Å²) in [6, 6.07) is 16.0. The minimum atomic E-state index is -3.44. The highest BCUT2D eigenvalue weighted by Crippen LogP contribution is 2.21. The van der Waals surface area contributed by atoms with Crippen molar-refractivity contribution in [1.29, 1.82) is 0 Å². The summed E-state index contributed by atoms with van der Waals surface area (Å²) in [6.45, 7) is 4.02. The number of sulfonamides is 1. The van der Waals surface area contributed by atoms with Crippen LogP contribution in [0.1, 0.15) is 29.8 Å². The largest absolute Gasteiger partial charge is 0.350 e. The van der Waals surface area contributed by atoms with Gasteiger partial charge in [-0.15, -0.1) is 0 Å². The number of nitrogens with zero attached hydrogens (tertiary/aromatic N) is 1. The van der Waals surface area contributed by atoms with Crippen molar-refractivity contribution in [2.24, 2.45) is 0 Å². The van der Waals surface area contributed by atoms with Gasteiger partial charge in [0.05, 0.1) is 18.5 Å². The standard InChI is InChI=1S/C18H22N2O3S/c1-14(2)19-18(21)16-9-11-17(12-10-16)20(24(3,22)23)13-15-7-5-4-6-8-15/h4-12,14H,13H2,1-3H3,(H,19,21). The second-order valence-corrected chi connectivity index (χ2v) is 7.84. The molecule has 24 heavy (non-hydrogen) atoms. The first kappa shape index (κ1) is 18.0. The number of amides is 1. The van der Waals surface area contributed by atoms with Crippen LogP contribution in [-0.2, 0) is 16.6 Å². The van der Waals surface area contributed by atoms with Crippen LogP contribution in [0, 0.1) is 0 Å². The summed E-state index contributed by atoms with van der Waals surface area (Å²) in [7, 11) is -3.44. The van der Waals surface area contributed by atoms with Gasteiger partial charge < -0.3 is 5.32 Å². The van der Waals surface area contributed by atoms with Crippen LogP contribution in [0.3, 0.4) is 0 Å². The zero-order chi connectivity index (χ0) is 17.7. The fraction of sp³-hybridized carbons (Fsp3) is 0.278. The monoisotopic (exact) mass is 346 g/mol. The third kappa shape index (κ3) is 4.83. The number of carbonyl (C=O) groups is 1. The third-order valence-electron chi connectivity index (χ3n) is 3.41. The topological polar surface area (TPSA) is 66.5 Å². The van der Waals surface area contributed by atoms with Crippen molar-refractivity contribution in [2.75, 3.05) is 10.6 Å². The SMILES string of the molecule is CC(C)NC(=O)c1ccc(N(Cc2ccccc2)S(C)(=O)=O)cc1. The Kier molecular flexibility index (Phi) is 5.62. The van der Waals surface area contributed by atoms with Gasteiger partial charge in [0.25, 0.3) is 5.91 Å². The van der Waals surface area contributed by atoms with Gasteiger partial charge in [0.2, 0.25) is 10.0 Å². The van der Waals surface area contributed by atoms with Crippen LogP contribution in [-0.4, -0.2) is 26.6 Å². The maximum Gasteiger partial charge on any atom is 0.251 e. The smallest absolute Gasteiger partial charge is 0.251 e. The lowest BCUT2D eigenvalue weighted by Gasteiger charge is -2.22. The molecule has 0 fully saturated rings. The number of anilines is 1. The van der Waals surface area contributed by atoms with Gasteiger partial charge in [0.1, 0.15) is 0 Å². The predicted octanol–water partition coefficient (Wildman–Crippen LogP) is 2.79. The summed E-state index contributed by atoms with van der Waals surface area (Å²) in [4.78, 5) is 12.0. The molecule has 0 atom stereocenters. The van der Waals surface area contributed by atoms with Crippen LogP contribution in [0.25, 0.3) is 0 Å². The second-order valence-electron chi connectivity index (χ2n) is 5.93. The molecule has 0 saturated heterocycles. The van der Waals surface area contributed by atoms with Crippen LogP contribution >= 0.6 is 0 Å². The predicted molar refractivity (Wildman–Crippen MR) is 96.5 cm³/mol. The van der Waals surface area contributed by atoms with Crippen LogP contribution < -0.4 is 9.62 Å². The first-order valence-corrected chi connectivity index (χ1v) is 9.55. The van der Waals surface area contributed by atoms with Crippen LogP contribution in [0.5, 0.6) is 0 Å². The van der Waals surface area contributed by atoms with Gasteiger partial charge >= 0.3 is 0 Å². The maximum atomic E-state index is 12.1. The van der Waals surface area contributed by atoms with Gasteiger partial charge in [-0.25, -0.2) is 8.42 Å². The summed E-state index contributed by atoms with van der Waals surface area (Å²) in [5.74, 6) is -0.175. The molecule has 0 saturated carbocycles. The van der Waals surface area contributed by atoms with Crippen molar-refractivity contribution in [3.8, 4) is 0 Å². The van der Waals surface area contributed by atoms with Crippen molar-refractivity contribution >= 4 is 21.6 Å². The molecule has 0 spiro atoms. The number of benzene rings is 2. The van der Waals surface area contributed by atoms with E-state index in [4.69, 9.17) is 0 Å². The molecular weight excluding hydrogens is 324 g/mol. The average Bonchev–Trinajstić information content (AvgIpc) is 2.52. The van der Waals surface area contributed by atoms with Gasteiger partial charge in [0.15, 0.2) is 0 Å². The summed E-state index contributed by atoms with van der Waals surface area (Å²) in [5, 5.41) is 2.81. The Bertz CT molecular complexity index is 785. The molecule has 128 valence electrons. The van der Waals surface area contributed by atoms with Crippen LogP contribution in [0.15, 0.2) is 54.6 Å². The van der Waals surface area contributed by atoms with Crippen molar-refractivity contribution < 1.29 is 13.2 Å². The molecule has 0 aromatic heterocycles. The minimum absolute atomic E-state index is 0.0442. The van der Waals surface area contributed by atoms with Crippen LogP contribution in [0.4, 0.5) is 5.69 Å². The molecule has 0 aliphatic carbocycles. The molecule has 2 aromatic carbocycles. The second kappa shape index (κ2) is 7.49. The van der Waals surface area contributed by atoms with E-state index in [0.717, 1.165) is 5.56 Å². The van der Waals surface area contributed by atoms with Gasteiger partial charge in [-0.3, -0.25) is 9.10 Å². The van der Waals surface area contributed by atoms with Gasteiger partial charge in [-0.1, -0.05) is 30.3 Å². The Labute approximate surface area is 143 Å². The fourth-order valence-corrected chi connectivity index (χ4v) is 3.16. The lowest BCUT2D eigenvalue weighted by atomic mass is 10.1. The van der Waals surface area contributed by atoms with E-state index in [1.807, 2.05) is 44.2 Å². The lowest BCUT2D eigenvalue weighted by Crippen LogP contribution is -2.31. The zero-order valence-electron chi connectivity index (χ0n) is 14.1. The maximum absolute atomic E-state index is 12.1. The molecule has 0 aliphatic heterocycles. The summed E-state index contributed by atoms with van der Waals surface area (Å²) in [5.41, 5.74) is 1.92. The van der Waals surface area contributed by atoms with Crippen molar-refractivity contribution in [1.82, 2.24) is 5.32 Å². The van der Waals surface area contributed by atoms with Gasteiger partial charge in [-0.05, 0) is 43.7 Å². The highest BCUT2D eigenvalue weighted by molar-refractivity contribution is 7.92. The molecule has 0 bridgehead atoms. The number of carbonyl (C=O) groups excluding carboxylic acids is 1. The van der Waals surface area contributed by atoms with E-state index in [9.17, 15) is 13.2 Å². The average molecular weight is 346 g/mol. The Morgan fingerprint density at radius 2 is 1.62 bits per heavy atom. The molecule has 0 heterocycles. The first-order valence-electron chi connectivity index (χ1n) is 7.70. The van der Waals surface area contributed by atoms with E-state index in [1.54, 1.807) is 24.3 Å². The Hall–Kier alpha value is -2.34.